The van der Waals surface area contributed by atoms with Gasteiger partial charge < -0.3 is 15.0 Å². The second-order valence-electron chi connectivity index (χ2n) is 6.39. The number of fused-ring (bicyclic) bond motifs is 1. The summed E-state index contributed by atoms with van der Waals surface area (Å²) in [6.45, 7) is 3.78. The van der Waals surface area contributed by atoms with Crippen LogP contribution in [-0.2, 0) is 16.0 Å². The number of allylic oxidation sites excluding steroid dienone is 1. The maximum absolute atomic E-state index is 12.3. The van der Waals surface area contributed by atoms with Crippen LogP contribution in [0.1, 0.15) is 38.7 Å². The fourth-order valence-electron chi connectivity index (χ4n) is 3.31. The summed E-state index contributed by atoms with van der Waals surface area (Å²) in [7, 11) is 2.07. The topological polar surface area (TPSA) is 41.6 Å². The summed E-state index contributed by atoms with van der Waals surface area (Å²) in [5.41, 5.74) is 3.96. The third-order valence-electron chi connectivity index (χ3n) is 4.35. The van der Waals surface area contributed by atoms with E-state index in [2.05, 4.69) is 41.5 Å². The molecule has 22 heavy (non-hydrogen) atoms. The Labute approximate surface area is 132 Å². The number of rotatable bonds is 2. The number of carbonyl (C=O) groups is 1. The Morgan fingerprint density at radius 2 is 2.14 bits per heavy atom. The highest BCUT2D eigenvalue weighted by molar-refractivity contribution is 5.77. The van der Waals surface area contributed by atoms with E-state index >= 15 is 0 Å². The summed E-state index contributed by atoms with van der Waals surface area (Å²) in [6, 6.07) is 8.22. The smallest absolute Gasteiger partial charge is 0.328 e. The van der Waals surface area contributed by atoms with Crippen molar-refractivity contribution in [2.24, 2.45) is 0 Å². The average Bonchev–Trinajstić information content (AvgIpc) is 2.69. The van der Waals surface area contributed by atoms with Gasteiger partial charge in [0.05, 0.1) is 6.10 Å². The van der Waals surface area contributed by atoms with Crippen LogP contribution in [0, 0.1) is 0 Å². The number of ether oxygens (including phenoxy) is 1. The highest BCUT2D eigenvalue weighted by atomic mass is 16.5. The van der Waals surface area contributed by atoms with Crippen molar-refractivity contribution in [3.05, 3.63) is 41.2 Å². The molecule has 4 heteroatoms. The average molecular weight is 300 g/mol. The van der Waals surface area contributed by atoms with E-state index in [0.717, 1.165) is 31.5 Å². The maximum atomic E-state index is 12.3. The molecule has 0 aliphatic carbocycles. The van der Waals surface area contributed by atoms with E-state index in [1.165, 1.54) is 16.8 Å². The van der Waals surface area contributed by atoms with Crippen LogP contribution in [0.15, 0.2) is 35.7 Å². The minimum atomic E-state index is -0.248. The van der Waals surface area contributed by atoms with Crippen LogP contribution < -0.4 is 10.2 Å². The molecule has 1 aromatic carbocycles. The highest BCUT2D eigenvalue weighted by Crippen LogP contribution is 2.34. The molecule has 0 fully saturated rings. The highest BCUT2D eigenvalue weighted by Gasteiger charge is 2.30. The van der Waals surface area contributed by atoms with Gasteiger partial charge in [0.25, 0.3) is 0 Å². The van der Waals surface area contributed by atoms with E-state index in [1.54, 1.807) is 0 Å². The first kappa shape index (κ1) is 14.9. The lowest BCUT2D eigenvalue weighted by molar-refractivity contribution is -0.149. The van der Waals surface area contributed by atoms with Crippen molar-refractivity contribution >= 4 is 11.7 Å². The fourth-order valence-corrected chi connectivity index (χ4v) is 3.31. The van der Waals surface area contributed by atoms with Crippen LogP contribution in [0.3, 0.4) is 0 Å². The molecule has 3 rings (SSSR count). The summed E-state index contributed by atoms with van der Waals surface area (Å²) in [5, 5.41) is 3.44. The first-order valence-electron chi connectivity index (χ1n) is 8.07. The van der Waals surface area contributed by atoms with Gasteiger partial charge in [0, 0.05) is 12.7 Å². The van der Waals surface area contributed by atoms with Crippen molar-refractivity contribution < 1.29 is 9.53 Å². The SMILES string of the molecule is CC(C)OC(=O)C1CCCC2=C(N1)N(C)c1ccccc1C2. The Morgan fingerprint density at radius 1 is 1.36 bits per heavy atom. The molecule has 0 radical (unpaired) electrons. The quantitative estimate of drug-likeness (QED) is 0.853. The van der Waals surface area contributed by atoms with Crippen LogP contribution in [0.5, 0.6) is 0 Å². The van der Waals surface area contributed by atoms with Gasteiger partial charge in [0.2, 0.25) is 0 Å². The molecular weight excluding hydrogens is 276 g/mol. The number of para-hydroxylation sites is 1. The molecule has 1 N–H and O–H groups in total. The van der Waals surface area contributed by atoms with E-state index in [9.17, 15) is 4.79 Å². The minimum absolute atomic E-state index is 0.0733. The number of esters is 1. The van der Waals surface area contributed by atoms with Crippen molar-refractivity contribution in [1.29, 1.82) is 0 Å². The Hall–Kier alpha value is -1.97. The largest absolute Gasteiger partial charge is 0.461 e. The second kappa shape index (κ2) is 6.03. The number of hydrogen-bond acceptors (Lipinski definition) is 4. The summed E-state index contributed by atoms with van der Waals surface area (Å²) in [6.07, 6.45) is 3.76. The lowest BCUT2D eigenvalue weighted by atomic mass is 9.95. The summed E-state index contributed by atoms with van der Waals surface area (Å²) in [5.74, 6) is 0.943. The Bertz CT molecular complexity index is 607. The van der Waals surface area contributed by atoms with Crippen LogP contribution in [-0.4, -0.2) is 25.2 Å². The fraction of sp³-hybridized carbons (Fsp3) is 0.500. The molecular formula is C18H24N2O2. The van der Waals surface area contributed by atoms with E-state index in [4.69, 9.17) is 4.74 Å². The summed E-state index contributed by atoms with van der Waals surface area (Å²) < 4.78 is 5.39. The molecule has 0 saturated carbocycles. The molecule has 0 bridgehead atoms. The number of nitrogens with zero attached hydrogens (tertiary/aromatic N) is 1. The van der Waals surface area contributed by atoms with Gasteiger partial charge in [-0.3, -0.25) is 0 Å². The number of carbonyl (C=O) groups excluding carboxylic acids is 1. The van der Waals surface area contributed by atoms with Gasteiger partial charge in [-0.2, -0.15) is 0 Å². The summed E-state index contributed by atoms with van der Waals surface area (Å²) in [4.78, 5) is 14.4. The van der Waals surface area contributed by atoms with Gasteiger partial charge >= 0.3 is 5.97 Å². The Balaban J connectivity index is 1.84. The van der Waals surface area contributed by atoms with Gasteiger partial charge in [-0.1, -0.05) is 18.2 Å². The van der Waals surface area contributed by atoms with Gasteiger partial charge in [-0.15, -0.1) is 0 Å². The molecule has 0 amide bonds. The van der Waals surface area contributed by atoms with Crippen molar-refractivity contribution in [2.45, 2.75) is 51.7 Å². The molecule has 1 unspecified atom stereocenters. The van der Waals surface area contributed by atoms with E-state index in [-0.39, 0.29) is 18.1 Å². The van der Waals surface area contributed by atoms with Crippen LogP contribution >= 0.6 is 0 Å². The van der Waals surface area contributed by atoms with Gasteiger partial charge in [-0.05, 0) is 56.7 Å². The molecule has 118 valence electrons. The monoisotopic (exact) mass is 300 g/mol. The molecule has 4 nitrogen and oxygen atoms in total. The number of benzene rings is 1. The number of hydrogen-bond donors (Lipinski definition) is 1. The van der Waals surface area contributed by atoms with E-state index in [0.29, 0.717) is 0 Å². The molecule has 2 aliphatic rings. The van der Waals surface area contributed by atoms with Gasteiger partial charge in [0.1, 0.15) is 11.9 Å². The number of nitrogens with one attached hydrogen (secondary N) is 1. The number of anilines is 1. The standard InChI is InChI=1S/C18H24N2O2/c1-12(2)22-18(21)15-9-6-8-14-11-13-7-4-5-10-16(13)20(3)17(14)19-15/h4-5,7,10,12,15,19H,6,8-9,11H2,1-3H3. The lowest BCUT2D eigenvalue weighted by Crippen LogP contribution is -2.43. The predicted octanol–water partition coefficient (Wildman–Crippen LogP) is 2.98. The van der Waals surface area contributed by atoms with Gasteiger partial charge in [-0.25, -0.2) is 4.79 Å². The zero-order valence-corrected chi connectivity index (χ0v) is 13.6. The zero-order valence-electron chi connectivity index (χ0n) is 13.6. The minimum Gasteiger partial charge on any atom is -0.461 e. The predicted molar refractivity (Wildman–Crippen MR) is 87.6 cm³/mol. The summed E-state index contributed by atoms with van der Waals surface area (Å²) >= 11 is 0. The van der Waals surface area contributed by atoms with Gasteiger partial charge in [0.15, 0.2) is 0 Å². The second-order valence-corrected chi connectivity index (χ2v) is 6.39. The lowest BCUT2D eigenvalue weighted by Gasteiger charge is -2.33. The molecule has 0 saturated heterocycles. The van der Waals surface area contributed by atoms with E-state index < -0.39 is 0 Å². The zero-order chi connectivity index (χ0) is 15.7. The molecule has 1 aromatic rings. The molecule has 0 spiro atoms. The van der Waals surface area contributed by atoms with Crippen molar-refractivity contribution in [3.63, 3.8) is 0 Å². The van der Waals surface area contributed by atoms with Crippen molar-refractivity contribution in [3.8, 4) is 0 Å². The molecule has 2 aliphatic heterocycles. The molecule has 2 heterocycles. The maximum Gasteiger partial charge on any atom is 0.328 e. The van der Waals surface area contributed by atoms with Crippen LogP contribution in [0.25, 0.3) is 0 Å². The molecule has 1 atom stereocenters. The normalized spacial score (nSPS) is 20.9. The van der Waals surface area contributed by atoms with Crippen LogP contribution in [0.2, 0.25) is 0 Å². The van der Waals surface area contributed by atoms with Crippen molar-refractivity contribution in [1.82, 2.24) is 5.32 Å². The third kappa shape index (κ3) is 2.82. The van der Waals surface area contributed by atoms with Crippen LogP contribution in [0.4, 0.5) is 5.69 Å². The van der Waals surface area contributed by atoms with Crippen molar-refractivity contribution in [2.75, 3.05) is 11.9 Å². The third-order valence-corrected chi connectivity index (χ3v) is 4.35. The van der Waals surface area contributed by atoms with E-state index in [1.807, 2.05) is 13.8 Å². The Kier molecular flexibility index (Phi) is 4.10. The molecule has 0 aromatic heterocycles. The Morgan fingerprint density at radius 3 is 2.91 bits per heavy atom. The first-order chi connectivity index (χ1) is 10.6. The first-order valence-corrected chi connectivity index (χ1v) is 8.07.